The minimum atomic E-state index is -2.79. The van der Waals surface area contributed by atoms with E-state index in [1.54, 1.807) is 0 Å². The molecule has 11 nitrogen and oxygen atoms in total. The van der Waals surface area contributed by atoms with E-state index in [2.05, 4.69) is 53.3 Å². The topological polar surface area (TPSA) is 149 Å². The molecular weight excluding hydrogens is 350 g/mol. The Kier molecular flexibility index (Phi) is 4.88. The Morgan fingerprint density at radius 3 is 2.70 bits per heavy atom. The second-order valence-corrected chi connectivity index (χ2v) is 6.08. The van der Waals surface area contributed by atoms with Crippen molar-refractivity contribution in [3.05, 3.63) is 5.01 Å². The molecule has 0 unspecified atom stereocenters. The largest absolute Gasteiger partial charge is 0.389 e. The van der Waals surface area contributed by atoms with E-state index in [0.717, 1.165) is 22.7 Å². The van der Waals surface area contributed by atoms with Crippen LogP contribution in [0, 0.1) is 0 Å². The third-order valence-corrected chi connectivity index (χ3v) is 4.23. The van der Waals surface area contributed by atoms with E-state index in [4.69, 9.17) is 0 Å². The molecule has 2 heterocycles. The van der Waals surface area contributed by atoms with Gasteiger partial charge in [-0.15, -0.1) is 20.4 Å². The molecule has 0 radical (unpaired) electrons. The third-order valence-electron chi connectivity index (χ3n) is 1.52. The quantitative estimate of drug-likeness (QED) is 0.302. The summed E-state index contributed by atoms with van der Waals surface area (Å²) in [5, 5.41) is 21.3. The van der Waals surface area contributed by atoms with Gasteiger partial charge < -0.3 is 4.18 Å². The van der Waals surface area contributed by atoms with Crippen LogP contribution in [0.3, 0.4) is 0 Å². The van der Waals surface area contributed by atoms with Crippen molar-refractivity contribution in [3.63, 3.8) is 0 Å². The summed E-state index contributed by atoms with van der Waals surface area (Å²) in [7, 11) is -2.79. The second kappa shape index (κ2) is 6.64. The molecule has 106 valence electrons. The molecule has 2 rings (SSSR count). The number of aromatic nitrogens is 4. The highest BCUT2D eigenvalue weighted by atomic mass is 32.2. The van der Waals surface area contributed by atoms with Gasteiger partial charge in [0.1, 0.15) is 0 Å². The molecule has 0 spiro atoms. The van der Waals surface area contributed by atoms with Gasteiger partial charge >= 0.3 is 5.97 Å². The van der Waals surface area contributed by atoms with Crippen LogP contribution in [0.4, 0.5) is 10.3 Å². The molecule has 1 N–H and O–H groups in total. The predicted octanol–water partition coefficient (Wildman–Crippen LogP) is 0.472. The van der Waals surface area contributed by atoms with E-state index in [-0.39, 0.29) is 19.6 Å². The van der Waals surface area contributed by atoms with Gasteiger partial charge in [0.15, 0.2) is 10.7 Å². The average molecular weight is 353 g/mol. The lowest BCUT2D eigenvalue weighted by Crippen LogP contribution is -1.96. The highest BCUT2D eigenvalue weighted by Gasteiger charge is 2.13. The molecule has 2 aromatic rings. The van der Waals surface area contributed by atoms with Gasteiger partial charge in [-0.1, -0.05) is 33.0 Å². The van der Waals surface area contributed by atoms with Gasteiger partial charge in [0.05, 0.1) is 0 Å². The van der Waals surface area contributed by atoms with Crippen molar-refractivity contribution < 1.29 is 17.4 Å². The smallest absolute Gasteiger partial charge is 0.381 e. The Bertz CT molecular complexity index is 712. The third kappa shape index (κ3) is 3.65. The molecule has 0 aliphatic rings. The molecule has 20 heavy (non-hydrogen) atoms. The standard InChI is InChI=1S/C5H3N7O4S4/c13-2(16-17)1-6-7-3(18-1)9-12-10-4-8-11-5(19-4)20(14)15/h17,20H,(H,7,8,9,10). The number of nitrogens with one attached hydrogen (secondary N) is 1. The molecule has 0 aliphatic heterocycles. The summed E-state index contributed by atoms with van der Waals surface area (Å²) in [6.45, 7) is 0. The predicted molar refractivity (Wildman–Crippen MR) is 70.9 cm³/mol. The maximum absolute atomic E-state index is 11.0. The van der Waals surface area contributed by atoms with E-state index >= 15 is 0 Å². The van der Waals surface area contributed by atoms with E-state index in [9.17, 15) is 13.2 Å². The number of hydrogen-bond donors (Lipinski definition) is 3. The second-order valence-electron chi connectivity index (χ2n) is 2.73. The highest BCUT2D eigenvalue weighted by molar-refractivity contribution is 7.75. The molecule has 0 aromatic carbocycles. The lowest BCUT2D eigenvalue weighted by molar-refractivity contribution is 0.0771. The summed E-state index contributed by atoms with van der Waals surface area (Å²) in [5.41, 5.74) is 2.36. The van der Waals surface area contributed by atoms with Gasteiger partial charge in [0, 0.05) is 12.9 Å². The zero-order valence-corrected chi connectivity index (χ0v) is 12.4. The van der Waals surface area contributed by atoms with Crippen LogP contribution in [0.15, 0.2) is 14.7 Å². The molecule has 0 atom stereocenters. The van der Waals surface area contributed by atoms with Crippen molar-refractivity contribution in [1.29, 1.82) is 0 Å². The Hall–Kier alpha value is -1.71. The van der Waals surface area contributed by atoms with Crippen molar-refractivity contribution in [2.24, 2.45) is 10.3 Å². The number of carbonyl (C=O) groups is 1. The molecule has 0 fully saturated rings. The van der Waals surface area contributed by atoms with Crippen molar-refractivity contribution in [1.82, 2.24) is 20.4 Å². The summed E-state index contributed by atoms with van der Waals surface area (Å²) >= 11 is 4.96. The molecule has 2 aromatic heterocycles. The molecule has 0 amide bonds. The molecule has 0 bridgehead atoms. The van der Waals surface area contributed by atoms with Crippen LogP contribution in [-0.2, 0) is 14.9 Å². The first-order valence-electron chi connectivity index (χ1n) is 4.44. The fourth-order valence-electron chi connectivity index (χ4n) is 0.822. The minimum Gasteiger partial charge on any atom is -0.389 e. The SMILES string of the molecule is O=C(OS)c1nnc(N=NNc2nnc([SH](=O)=O)s2)s1. The maximum Gasteiger partial charge on any atom is 0.381 e. The number of hydrogen-bond acceptors (Lipinski definition) is 13. The van der Waals surface area contributed by atoms with Gasteiger partial charge in [-0.25, -0.2) is 18.6 Å². The lowest BCUT2D eigenvalue weighted by atomic mass is 10.7. The van der Waals surface area contributed by atoms with Gasteiger partial charge in [0.25, 0.3) is 5.13 Å². The van der Waals surface area contributed by atoms with Gasteiger partial charge in [-0.05, 0) is 0 Å². The van der Waals surface area contributed by atoms with E-state index in [1.807, 2.05) is 0 Å². The van der Waals surface area contributed by atoms with Crippen LogP contribution in [0.2, 0.25) is 0 Å². The van der Waals surface area contributed by atoms with Crippen molar-refractivity contribution >= 4 is 62.5 Å². The van der Waals surface area contributed by atoms with Crippen LogP contribution in [0.1, 0.15) is 9.80 Å². The van der Waals surface area contributed by atoms with Crippen LogP contribution < -0.4 is 5.43 Å². The summed E-state index contributed by atoms with van der Waals surface area (Å²) < 4.78 is 25.2. The van der Waals surface area contributed by atoms with Gasteiger partial charge in [0.2, 0.25) is 14.5 Å². The highest BCUT2D eigenvalue weighted by Crippen LogP contribution is 2.21. The first-order chi connectivity index (χ1) is 9.60. The Labute approximate surface area is 125 Å². The summed E-state index contributed by atoms with van der Waals surface area (Å²) in [4.78, 5) is 11.0. The monoisotopic (exact) mass is 353 g/mol. The fourth-order valence-corrected chi connectivity index (χ4v) is 2.61. The number of nitrogens with zero attached hydrogens (tertiary/aromatic N) is 6. The Morgan fingerprint density at radius 2 is 2.05 bits per heavy atom. The first-order valence-corrected chi connectivity index (χ1v) is 7.61. The lowest BCUT2D eigenvalue weighted by Gasteiger charge is -1.87. The number of rotatable bonds is 5. The number of thiol groups is 2. The number of anilines is 1. The maximum atomic E-state index is 11.0. The van der Waals surface area contributed by atoms with E-state index in [0.29, 0.717) is 0 Å². The Morgan fingerprint density at radius 1 is 1.25 bits per heavy atom. The average Bonchev–Trinajstić information content (AvgIpc) is 3.07. The fraction of sp³-hybridized carbons (Fsp3) is 0. The minimum absolute atomic E-state index is 0.0319. The van der Waals surface area contributed by atoms with Crippen LogP contribution in [-0.4, -0.2) is 34.8 Å². The molecule has 0 saturated heterocycles. The van der Waals surface area contributed by atoms with Crippen molar-refractivity contribution in [2.75, 3.05) is 5.43 Å². The summed E-state index contributed by atoms with van der Waals surface area (Å²) in [5.74, 6) is -0.756. The first kappa shape index (κ1) is 14.7. The van der Waals surface area contributed by atoms with E-state index < -0.39 is 16.7 Å². The number of carbonyl (C=O) groups excluding carboxylic acids is 1. The molecule has 0 aliphatic carbocycles. The molecule has 15 heteroatoms. The van der Waals surface area contributed by atoms with Crippen LogP contribution in [0.5, 0.6) is 0 Å². The summed E-state index contributed by atoms with van der Waals surface area (Å²) in [6, 6.07) is 0. The van der Waals surface area contributed by atoms with Crippen LogP contribution in [0.25, 0.3) is 0 Å². The molecule has 0 saturated carbocycles. The Balaban J connectivity index is 1.99. The zero-order valence-electron chi connectivity index (χ0n) is 9.03. The zero-order chi connectivity index (χ0) is 14.5. The molecular formula is C5H3N7O4S4. The summed E-state index contributed by atoms with van der Waals surface area (Å²) in [6.07, 6.45) is 0. The van der Waals surface area contributed by atoms with Crippen molar-refractivity contribution in [2.45, 2.75) is 4.34 Å². The van der Waals surface area contributed by atoms with Gasteiger partial charge in [-0.2, -0.15) is 0 Å². The van der Waals surface area contributed by atoms with E-state index in [1.165, 1.54) is 0 Å². The normalized spacial score (nSPS) is 11.1. The van der Waals surface area contributed by atoms with Gasteiger partial charge in [-0.3, -0.25) is 0 Å². The van der Waals surface area contributed by atoms with Crippen LogP contribution >= 0.6 is 35.6 Å². The van der Waals surface area contributed by atoms with Crippen molar-refractivity contribution in [3.8, 4) is 0 Å².